The molecule has 25 heavy (non-hydrogen) atoms. The molecule has 1 aliphatic rings. The summed E-state index contributed by atoms with van der Waals surface area (Å²) < 4.78 is 31.9. The lowest BCUT2D eigenvalue weighted by Gasteiger charge is -2.26. The van der Waals surface area contributed by atoms with Gasteiger partial charge in [-0.25, -0.2) is 8.42 Å². The third-order valence-electron chi connectivity index (χ3n) is 4.24. The van der Waals surface area contributed by atoms with E-state index in [0.717, 1.165) is 17.5 Å². The Morgan fingerprint density at radius 1 is 1.20 bits per heavy atom. The molecule has 7 heteroatoms. The van der Waals surface area contributed by atoms with Gasteiger partial charge in [-0.05, 0) is 23.5 Å². The summed E-state index contributed by atoms with van der Waals surface area (Å²) in [5.41, 5.74) is 1.58. The molecule has 1 amide bonds. The molecule has 140 valence electrons. The first-order chi connectivity index (χ1) is 11.9. The highest BCUT2D eigenvalue weighted by Crippen LogP contribution is 2.16. The molecule has 2 rings (SSSR count). The van der Waals surface area contributed by atoms with Gasteiger partial charge in [0.1, 0.15) is 0 Å². The van der Waals surface area contributed by atoms with Gasteiger partial charge in [-0.1, -0.05) is 38.1 Å². The van der Waals surface area contributed by atoms with Crippen LogP contribution in [0.1, 0.15) is 37.8 Å². The van der Waals surface area contributed by atoms with Crippen LogP contribution in [0.2, 0.25) is 0 Å². The van der Waals surface area contributed by atoms with Crippen LogP contribution in [-0.4, -0.2) is 44.9 Å². The Balaban J connectivity index is 1.98. The highest BCUT2D eigenvalue weighted by atomic mass is 32.2. The van der Waals surface area contributed by atoms with Gasteiger partial charge in [0, 0.05) is 26.1 Å². The average molecular weight is 368 g/mol. The molecule has 0 radical (unpaired) electrons. The van der Waals surface area contributed by atoms with Gasteiger partial charge in [0.15, 0.2) is 0 Å². The number of morpholine rings is 1. The van der Waals surface area contributed by atoms with Crippen LogP contribution in [0.5, 0.6) is 0 Å². The van der Waals surface area contributed by atoms with Crippen LogP contribution in [0.3, 0.4) is 0 Å². The summed E-state index contributed by atoms with van der Waals surface area (Å²) in [5.74, 6) is 0.432. The molecular weight excluding hydrogens is 340 g/mol. The standard InChI is InChI=1S/C18H28N2O4S/c1-15(2)7-8-18(21)19-13-16-5-3-4-6-17(16)14-25(22,23)20-9-11-24-12-10-20/h3-6,15H,7-14H2,1-2H3,(H,19,21). The molecule has 1 fully saturated rings. The lowest BCUT2D eigenvalue weighted by molar-refractivity contribution is -0.121. The second kappa shape index (κ2) is 9.31. The molecule has 1 aromatic carbocycles. The zero-order valence-electron chi connectivity index (χ0n) is 15.0. The molecule has 0 aliphatic carbocycles. The fraction of sp³-hybridized carbons (Fsp3) is 0.611. The molecule has 0 aromatic heterocycles. The molecule has 6 nitrogen and oxygen atoms in total. The second-order valence-corrected chi connectivity index (χ2v) is 8.71. The quantitative estimate of drug-likeness (QED) is 0.760. The van der Waals surface area contributed by atoms with Gasteiger partial charge >= 0.3 is 0 Å². The first kappa shape index (κ1) is 19.9. The zero-order valence-corrected chi connectivity index (χ0v) is 15.8. The van der Waals surface area contributed by atoms with E-state index in [2.05, 4.69) is 19.2 Å². The number of sulfonamides is 1. The molecule has 1 aromatic rings. The lowest BCUT2D eigenvalue weighted by atomic mass is 10.1. The number of hydrogen-bond acceptors (Lipinski definition) is 4. The van der Waals surface area contributed by atoms with Crippen LogP contribution in [-0.2, 0) is 31.9 Å². The van der Waals surface area contributed by atoms with Crippen molar-refractivity contribution in [1.29, 1.82) is 0 Å². The van der Waals surface area contributed by atoms with Gasteiger partial charge in [0.2, 0.25) is 15.9 Å². The summed E-state index contributed by atoms with van der Waals surface area (Å²) in [6.07, 6.45) is 1.34. The molecular formula is C18H28N2O4S. The number of benzene rings is 1. The SMILES string of the molecule is CC(C)CCC(=O)NCc1ccccc1CS(=O)(=O)N1CCOCC1. The predicted molar refractivity (Wildman–Crippen MR) is 97.4 cm³/mol. The van der Waals surface area contributed by atoms with Gasteiger partial charge in [-0.2, -0.15) is 4.31 Å². The van der Waals surface area contributed by atoms with E-state index in [9.17, 15) is 13.2 Å². The number of rotatable bonds is 8. The third kappa shape index (κ3) is 6.41. The molecule has 0 bridgehead atoms. The van der Waals surface area contributed by atoms with Crippen molar-refractivity contribution >= 4 is 15.9 Å². The molecule has 0 atom stereocenters. The first-order valence-electron chi connectivity index (χ1n) is 8.77. The van der Waals surface area contributed by atoms with Gasteiger partial charge in [0.25, 0.3) is 0 Å². The topological polar surface area (TPSA) is 75.7 Å². The summed E-state index contributed by atoms with van der Waals surface area (Å²) in [6.45, 7) is 6.19. The van der Waals surface area contributed by atoms with Crippen molar-refractivity contribution in [3.05, 3.63) is 35.4 Å². The van der Waals surface area contributed by atoms with Gasteiger partial charge < -0.3 is 10.1 Å². The minimum Gasteiger partial charge on any atom is -0.379 e. The smallest absolute Gasteiger partial charge is 0.220 e. The fourth-order valence-corrected chi connectivity index (χ4v) is 4.25. The minimum atomic E-state index is -3.38. The van der Waals surface area contributed by atoms with Crippen molar-refractivity contribution < 1.29 is 17.9 Å². The van der Waals surface area contributed by atoms with E-state index in [1.165, 1.54) is 4.31 Å². The molecule has 1 N–H and O–H groups in total. The number of hydrogen-bond donors (Lipinski definition) is 1. The van der Waals surface area contributed by atoms with Gasteiger partial charge in [0.05, 0.1) is 19.0 Å². The van der Waals surface area contributed by atoms with Gasteiger partial charge in [-0.15, -0.1) is 0 Å². The monoisotopic (exact) mass is 368 g/mol. The largest absolute Gasteiger partial charge is 0.379 e. The normalized spacial score (nSPS) is 16.1. The van der Waals surface area contributed by atoms with Crippen molar-refractivity contribution in [2.75, 3.05) is 26.3 Å². The first-order valence-corrected chi connectivity index (χ1v) is 10.4. The maximum absolute atomic E-state index is 12.6. The highest BCUT2D eigenvalue weighted by Gasteiger charge is 2.25. The Labute approximate surface area is 150 Å². The van der Waals surface area contributed by atoms with E-state index in [4.69, 9.17) is 4.74 Å². The molecule has 0 spiro atoms. The molecule has 1 saturated heterocycles. The van der Waals surface area contributed by atoms with Crippen molar-refractivity contribution in [2.24, 2.45) is 5.92 Å². The van der Waals surface area contributed by atoms with E-state index < -0.39 is 10.0 Å². The zero-order chi connectivity index (χ0) is 18.3. The Kier molecular flexibility index (Phi) is 7.40. The lowest BCUT2D eigenvalue weighted by Crippen LogP contribution is -2.41. The fourth-order valence-electron chi connectivity index (χ4n) is 2.69. The van der Waals surface area contributed by atoms with E-state index in [1.807, 2.05) is 24.3 Å². The van der Waals surface area contributed by atoms with Gasteiger partial charge in [-0.3, -0.25) is 4.79 Å². The predicted octanol–water partition coefficient (Wildman–Crippen LogP) is 1.90. The van der Waals surface area contributed by atoms with Crippen molar-refractivity contribution in [3.8, 4) is 0 Å². The van der Waals surface area contributed by atoms with Crippen LogP contribution in [0.4, 0.5) is 0 Å². The van der Waals surface area contributed by atoms with E-state index in [1.54, 1.807) is 0 Å². The summed E-state index contributed by atoms with van der Waals surface area (Å²) in [4.78, 5) is 11.9. The van der Waals surface area contributed by atoms with E-state index in [0.29, 0.717) is 45.2 Å². The van der Waals surface area contributed by atoms with E-state index in [-0.39, 0.29) is 11.7 Å². The average Bonchev–Trinajstić information content (AvgIpc) is 2.59. The maximum Gasteiger partial charge on any atom is 0.220 e. The second-order valence-electron chi connectivity index (χ2n) is 6.75. The van der Waals surface area contributed by atoms with Crippen molar-refractivity contribution in [1.82, 2.24) is 9.62 Å². The summed E-state index contributed by atoms with van der Waals surface area (Å²) >= 11 is 0. The highest BCUT2D eigenvalue weighted by molar-refractivity contribution is 7.88. The Bertz CT molecular complexity index is 667. The molecule has 1 aliphatic heterocycles. The van der Waals surface area contributed by atoms with Crippen molar-refractivity contribution in [3.63, 3.8) is 0 Å². The molecule has 0 saturated carbocycles. The minimum absolute atomic E-state index is 0.000426. The van der Waals surface area contributed by atoms with Crippen molar-refractivity contribution in [2.45, 2.75) is 39.0 Å². The van der Waals surface area contributed by atoms with Crippen LogP contribution >= 0.6 is 0 Å². The maximum atomic E-state index is 12.6. The van der Waals surface area contributed by atoms with Crippen LogP contribution in [0, 0.1) is 5.92 Å². The summed E-state index contributed by atoms with van der Waals surface area (Å²) in [5, 5.41) is 2.89. The summed E-state index contributed by atoms with van der Waals surface area (Å²) in [7, 11) is -3.38. The third-order valence-corrected chi connectivity index (χ3v) is 6.07. The van der Waals surface area contributed by atoms with Crippen LogP contribution in [0.25, 0.3) is 0 Å². The number of nitrogens with one attached hydrogen (secondary N) is 1. The Morgan fingerprint density at radius 2 is 1.84 bits per heavy atom. The summed E-state index contributed by atoms with van der Waals surface area (Å²) in [6, 6.07) is 7.37. The number of ether oxygens (including phenoxy) is 1. The molecule has 0 unspecified atom stereocenters. The number of amides is 1. The Hall–Kier alpha value is -1.44. The number of carbonyl (C=O) groups excluding carboxylic acids is 1. The molecule has 1 heterocycles. The number of carbonyl (C=O) groups is 1. The Morgan fingerprint density at radius 3 is 2.48 bits per heavy atom. The van der Waals surface area contributed by atoms with Crippen LogP contribution < -0.4 is 5.32 Å². The van der Waals surface area contributed by atoms with E-state index >= 15 is 0 Å². The number of nitrogens with zero attached hydrogens (tertiary/aromatic N) is 1. The van der Waals surface area contributed by atoms with Crippen LogP contribution in [0.15, 0.2) is 24.3 Å².